The van der Waals surface area contributed by atoms with Gasteiger partial charge in [0.1, 0.15) is 5.75 Å². The van der Waals surface area contributed by atoms with E-state index in [1.165, 1.54) is 0 Å². The Labute approximate surface area is 298 Å². The lowest BCUT2D eigenvalue weighted by Gasteiger charge is -2.18. The molecule has 4 rings (SSSR count). The Morgan fingerprint density at radius 2 is 0.902 bits per heavy atom. The maximum Gasteiger partial charge on any atom is 0.224 e. The van der Waals surface area contributed by atoms with Crippen LogP contribution in [-0.4, -0.2) is 74.7 Å². The van der Waals surface area contributed by atoms with Gasteiger partial charge in [-0.3, -0.25) is 9.59 Å². The predicted octanol–water partition coefficient (Wildman–Crippen LogP) is 5.61. The maximum absolute atomic E-state index is 12.9. The molecule has 4 aromatic rings. The predicted molar refractivity (Wildman–Crippen MR) is 192 cm³/mol. The molecule has 12 nitrogen and oxygen atoms in total. The molecule has 2 atom stereocenters. The molecule has 0 radical (unpaired) electrons. The number of benzene rings is 4. The highest BCUT2D eigenvalue weighted by atomic mass is 16.5. The van der Waals surface area contributed by atoms with Crippen molar-refractivity contribution < 1.29 is 47.5 Å². The molecule has 2 unspecified atom stereocenters. The van der Waals surface area contributed by atoms with E-state index in [1.807, 2.05) is 42.5 Å². The van der Waals surface area contributed by atoms with E-state index in [4.69, 9.17) is 37.9 Å². The molecule has 0 aromatic heterocycles. The highest BCUT2D eigenvalue weighted by Gasteiger charge is 2.18. The minimum atomic E-state index is -0.385. The van der Waals surface area contributed by atoms with Crippen LogP contribution in [0, 0.1) is 0 Å². The first kappa shape index (κ1) is 38.3. The third kappa shape index (κ3) is 10.5. The van der Waals surface area contributed by atoms with Gasteiger partial charge in [0.05, 0.1) is 60.6 Å². The average molecular weight is 703 g/mol. The first-order valence-corrected chi connectivity index (χ1v) is 16.2. The van der Waals surface area contributed by atoms with E-state index in [9.17, 15) is 9.59 Å². The zero-order chi connectivity index (χ0) is 36.8. The summed E-state index contributed by atoms with van der Waals surface area (Å²) in [6.45, 7) is 0.546. The molecule has 0 saturated heterocycles. The van der Waals surface area contributed by atoms with Gasteiger partial charge in [-0.15, -0.1) is 0 Å². The number of hydrogen-bond donors (Lipinski definition) is 2. The van der Waals surface area contributed by atoms with E-state index in [-0.39, 0.29) is 50.0 Å². The molecule has 0 fully saturated rings. The lowest BCUT2D eigenvalue weighted by atomic mass is 10.1. The molecule has 51 heavy (non-hydrogen) atoms. The third-order valence-electron chi connectivity index (χ3n) is 8.21. The van der Waals surface area contributed by atoms with Crippen LogP contribution in [0.15, 0.2) is 78.9 Å². The molecular formula is C39H46N2O10. The highest BCUT2D eigenvalue weighted by Crippen LogP contribution is 2.34. The molecule has 4 aromatic carbocycles. The first-order chi connectivity index (χ1) is 24.7. The maximum atomic E-state index is 12.9. The van der Waals surface area contributed by atoms with Crippen LogP contribution in [0.3, 0.4) is 0 Å². The molecule has 0 heterocycles. The second kappa shape index (κ2) is 19.1. The molecule has 0 aliphatic heterocycles. The Balaban J connectivity index is 1.31. The summed E-state index contributed by atoms with van der Waals surface area (Å²) < 4.78 is 44.3. The zero-order valence-corrected chi connectivity index (χ0v) is 30.1. The number of amides is 2. The number of hydrogen-bond acceptors (Lipinski definition) is 10. The molecule has 0 bridgehead atoms. The smallest absolute Gasteiger partial charge is 0.224 e. The minimum Gasteiger partial charge on any atom is -0.493 e. The summed E-state index contributed by atoms with van der Waals surface area (Å²) in [7, 11) is 11.0. The van der Waals surface area contributed by atoms with Crippen molar-refractivity contribution in [2.45, 2.75) is 25.0 Å². The van der Waals surface area contributed by atoms with Crippen LogP contribution in [0.25, 0.3) is 0 Å². The SMILES string of the molecule is COc1ccc(C(CNC(=O)Cc2ccc(Oc3cc(CC(=O)NCC(OC)c4ccc(OC)c(OC)c4)ccc3OC)cc2)OC)cc1OC. The molecule has 0 aliphatic carbocycles. The van der Waals surface area contributed by atoms with Gasteiger partial charge in [-0.05, 0) is 70.8 Å². The molecule has 0 aliphatic rings. The fourth-order valence-electron chi connectivity index (χ4n) is 5.40. The van der Waals surface area contributed by atoms with Gasteiger partial charge >= 0.3 is 0 Å². The van der Waals surface area contributed by atoms with Gasteiger partial charge in [0, 0.05) is 27.3 Å². The fraction of sp³-hybridized carbons (Fsp3) is 0.333. The van der Waals surface area contributed by atoms with E-state index >= 15 is 0 Å². The van der Waals surface area contributed by atoms with Gasteiger partial charge in [-0.1, -0.05) is 30.3 Å². The zero-order valence-electron chi connectivity index (χ0n) is 30.1. The molecule has 0 spiro atoms. The van der Waals surface area contributed by atoms with Crippen molar-refractivity contribution >= 4 is 11.8 Å². The van der Waals surface area contributed by atoms with Crippen LogP contribution in [0.1, 0.15) is 34.5 Å². The number of ether oxygens (including phenoxy) is 8. The van der Waals surface area contributed by atoms with E-state index in [1.54, 1.807) is 86.2 Å². The quantitative estimate of drug-likeness (QED) is 0.127. The second-order valence-electron chi connectivity index (χ2n) is 11.4. The third-order valence-corrected chi connectivity index (χ3v) is 8.21. The molecule has 12 heteroatoms. The first-order valence-electron chi connectivity index (χ1n) is 16.2. The summed E-state index contributed by atoms with van der Waals surface area (Å²) >= 11 is 0. The number of nitrogens with one attached hydrogen (secondary N) is 2. The van der Waals surface area contributed by atoms with Gasteiger partial charge in [-0.2, -0.15) is 0 Å². The van der Waals surface area contributed by atoms with Gasteiger partial charge in [0.25, 0.3) is 0 Å². The lowest BCUT2D eigenvalue weighted by molar-refractivity contribution is -0.121. The molecule has 0 saturated carbocycles. The number of carbonyl (C=O) groups excluding carboxylic acids is 2. The highest BCUT2D eigenvalue weighted by molar-refractivity contribution is 5.79. The Bertz CT molecular complexity index is 1740. The van der Waals surface area contributed by atoms with Gasteiger partial charge in [0.2, 0.25) is 11.8 Å². The van der Waals surface area contributed by atoms with Crippen molar-refractivity contribution in [3.63, 3.8) is 0 Å². The van der Waals surface area contributed by atoms with Crippen molar-refractivity contribution in [1.82, 2.24) is 10.6 Å². The fourth-order valence-corrected chi connectivity index (χ4v) is 5.40. The summed E-state index contributed by atoms with van der Waals surface area (Å²) in [4.78, 5) is 25.7. The van der Waals surface area contributed by atoms with Crippen molar-refractivity contribution in [2.75, 3.05) is 62.9 Å². The van der Waals surface area contributed by atoms with Gasteiger partial charge in [-0.25, -0.2) is 0 Å². The summed E-state index contributed by atoms with van der Waals surface area (Å²) in [5.74, 6) is 3.56. The second-order valence-corrected chi connectivity index (χ2v) is 11.4. The van der Waals surface area contributed by atoms with E-state index in [2.05, 4.69) is 10.6 Å². The van der Waals surface area contributed by atoms with Crippen molar-refractivity contribution in [3.05, 3.63) is 101 Å². The monoisotopic (exact) mass is 702 g/mol. The van der Waals surface area contributed by atoms with Gasteiger partial charge in [0.15, 0.2) is 34.5 Å². The van der Waals surface area contributed by atoms with Crippen molar-refractivity contribution in [3.8, 4) is 40.2 Å². The van der Waals surface area contributed by atoms with Crippen molar-refractivity contribution in [1.29, 1.82) is 0 Å². The molecule has 272 valence electrons. The Kier molecular flexibility index (Phi) is 14.3. The van der Waals surface area contributed by atoms with Crippen LogP contribution in [0.4, 0.5) is 0 Å². The molecular weight excluding hydrogens is 656 g/mol. The van der Waals surface area contributed by atoms with Crippen LogP contribution >= 0.6 is 0 Å². The Morgan fingerprint density at radius 1 is 0.490 bits per heavy atom. The van der Waals surface area contributed by atoms with Crippen LogP contribution < -0.4 is 39.1 Å². The minimum absolute atomic E-state index is 0.118. The van der Waals surface area contributed by atoms with E-state index in [0.29, 0.717) is 40.2 Å². The summed E-state index contributed by atoms with van der Waals surface area (Å²) in [6, 6.07) is 23.6. The van der Waals surface area contributed by atoms with Crippen molar-refractivity contribution in [2.24, 2.45) is 0 Å². The van der Waals surface area contributed by atoms with E-state index < -0.39 is 0 Å². The topological polar surface area (TPSA) is 132 Å². The summed E-state index contributed by atoms with van der Waals surface area (Å²) in [6.07, 6.45) is -0.462. The molecule has 2 amide bonds. The van der Waals surface area contributed by atoms with Crippen LogP contribution in [0.2, 0.25) is 0 Å². The number of rotatable bonds is 19. The normalized spacial score (nSPS) is 11.9. The Morgan fingerprint density at radius 3 is 1.35 bits per heavy atom. The Hall–Kier alpha value is -5.46. The summed E-state index contributed by atoms with van der Waals surface area (Å²) in [5, 5.41) is 5.88. The lowest BCUT2D eigenvalue weighted by Crippen LogP contribution is -2.30. The largest absolute Gasteiger partial charge is 0.493 e. The summed E-state index contributed by atoms with van der Waals surface area (Å²) in [5.41, 5.74) is 3.23. The number of methoxy groups -OCH3 is 7. The van der Waals surface area contributed by atoms with Crippen LogP contribution in [0.5, 0.6) is 40.2 Å². The van der Waals surface area contributed by atoms with Crippen LogP contribution in [-0.2, 0) is 31.9 Å². The number of carbonyl (C=O) groups is 2. The van der Waals surface area contributed by atoms with Gasteiger partial charge < -0.3 is 48.5 Å². The van der Waals surface area contributed by atoms with E-state index in [0.717, 1.165) is 22.3 Å². The standard InChI is InChI=1S/C39H46N2O10/c1-44-30-16-11-27(21-33(30)47-4)36(49-6)23-40-38(42)19-25-8-13-29(14-9-25)51-35-18-26(10-15-32(35)46-3)20-39(43)41-24-37(50-7)28-12-17-31(45-2)34(22-28)48-5/h8-18,21-22,36-37H,19-20,23-24H2,1-7H3,(H,40,42)(H,41,43). The average Bonchev–Trinajstić information content (AvgIpc) is 3.15. The molecule has 2 N–H and O–H groups in total.